The summed E-state index contributed by atoms with van der Waals surface area (Å²) in [4.78, 5) is 28.7. The third-order valence-electron chi connectivity index (χ3n) is 3.44. The van der Waals surface area contributed by atoms with Crippen LogP contribution in [0.15, 0.2) is 53.5 Å². The first-order valence-corrected chi connectivity index (χ1v) is 7.97. The van der Waals surface area contributed by atoms with Crippen molar-refractivity contribution in [2.75, 3.05) is 6.61 Å². The molecule has 8 heteroatoms. The number of rotatable bonds is 5. The van der Waals surface area contributed by atoms with E-state index in [1.807, 2.05) is 0 Å². The molecule has 0 radical (unpaired) electrons. The second-order valence-electron chi connectivity index (χ2n) is 5.00. The summed E-state index contributed by atoms with van der Waals surface area (Å²) in [6, 6.07) is 2.66. The van der Waals surface area contributed by atoms with Gasteiger partial charge in [0.2, 0.25) is 5.43 Å². The Balaban J connectivity index is 3.02. The average Bonchev–Trinajstić information content (AvgIpc) is 2.63. The van der Waals surface area contributed by atoms with Crippen LogP contribution in [0.5, 0.6) is 0 Å². The average molecular weight is 381 g/mol. The third-order valence-corrected chi connectivity index (χ3v) is 3.65. The highest BCUT2D eigenvalue weighted by atomic mass is 35.5. The Bertz CT molecular complexity index is 1010. The summed E-state index contributed by atoms with van der Waals surface area (Å²) < 4.78 is 34.5. The van der Waals surface area contributed by atoms with E-state index in [1.165, 1.54) is 19.1 Å². The molecule has 0 saturated carbocycles. The summed E-state index contributed by atoms with van der Waals surface area (Å²) in [7, 11) is 0. The van der Waals surface area contributed by atoms with Gasteiger partial charge in [-0.3, -0.25) is 9.36 Å². The molecule has 136 valence electrons. The fourth-order valence-electron chi connectivity index (χ4n) is 2.28. The maximum Gasteiger partial charge on any atom is 0.343 e. The third kappa shape index (κ3) is 3.57. The van der Waals surface area contributed by atoms with Crippen LogP contribution in [0.4, 0.5) is 8.78 Å². The quantitative estimate of drug-likeness (QED) is 0.437. The highest BCUT2D eigenvalue weighted by Gasteiger charge is 2.22. The standard InChI is InChI=1S/C18H15ClF2N2O3/c1-4-12(20)15(13(21)5-2)23-9-11(18(25)26-6-3)16(24)10-7-8-14(19)22-17(10)23/h4-5,7-9H,1,6H2,2-3H3/b13-5+,15-12-. The topological polar surface area (TPSA) is 61.2 Å². The number of fused-ring (bicyclic) bond motifs is 1. The van der Waals surface area contributed by atoms with Crippen LogP contribution < -0.4 is 5.43 Å². The number of ether oxygens (including phenoxy) is 1. The van der Waals surface area contributed by atoms with Crippen LogP contribution in [0, 0.1) is 0 Å². The van der Waals surface area contributed by atoms with Crippen molar-refractivity contribution in [3.63, 3.8) is 0 Å². The van der Waals surface area contributed by atoms with Crippen LogP contribution >= 0.6 is 11.6 Å². The maximum atomic E-state index is 14.4. The van der Waals surface area contributed by atoms with E-state index < -0.39 is 28.7 Å². The highest BCUT2D eigenvalue weighted by molar-refractivity contribution is 6.29. The molecule has 0 aliphatic carbocycles. The van der Waals surface area contributed by atoms with E-state index in [-0.39, 0.29) is 28.4 Å². The molecular weight excluding hydrogens is 366 g/mol. The molecule has 0 aliphatic rings. The Morgan fingerprint density at radius 3 is 2.69 bits per heavy atom. The second kappa shape index (κ2) is 8.05. The summed E-state index contributed by atoms with van der Waals surface area (Å²) in [6.45, 7) is 6.25. The Labute approximate surface area is 152 Å². The smallest absolute Gasteiger partial charge is 0.343 e. The molecule has 0 fully saturated rings. The normalized spacial score (nSPS) is 12.7. The number of allylic oxidation sites excluding steroid dienone is 5. The van der Waals surface area contributed by atoms with Gasteiger partial charge in [-0.25, -0.2) is 18.6 Å². The van der Waals surface area contributed by atoms with E-state index in [9.17, 15) is 18.4 Å². The van der Waals surface area contributed by atoms with Gasteiger partial charge in [0.25, 0.3) is 0 Å². The SMILES string of the molecule is C=C/C(F)=C(\C(F)=C/C)n1cc(C(=O)OCC)c(=O)c2ccc(Cl)nc21. The number of pyridine rings is 2. The van der Waals surface area contributed by atoms with E-state index in [1.54, 1.807) is 6.92 Å². The van der Waals surface area contributed by atoms with Crippen molar-refractivity contribution in [1.29, 1.82) is 0 Å². The number of carbonyl (C=O) groups excluding carboxylic acids is 1. The zero-order chi connectivity index (χ0) is 19.4. The van der Waals surface area contributed by atoms with Gasteiger partial charge in [0.05, 0.1) is 12.0 Å². The number of nitrogens with zero attached hydrogens (tertiary/aromatic N) is 2. The van der Waals surface area contributed by atoms with E-state index >= 15 is 0 Å². The molecule has 0 bridgehead atoms. The monoisotopic (exact) mass is 380 g/mol. The summed E-state index contributed by atoms with van der Waals surface area (Å²) in [5.41, 5.74) is -1.74. The highest BCUT2D eigenvalue weighted by Crippen LogP contribution is 2.27. The molecule has 5 nitrogen and oxygen atoms in total. The maximum absolute atomic E-state index is 14.4. The molecule has 0 atom stereocenters. The number of hydrogen-bond acceptors (Lipinski definition) is 4. The van der Waals surface area contributed by atoms with Crippen LogP contribution in [0.2, 0.25) is 5.15 Å². The Morgan fingerprint density at radius 2 is 2.12 bits per heavy atom. The Kier molecular flexibility index (Phi) is 6.05. The lowest BCUT2D eigenvalue weighted by Gasteiger charge is -2.15. The van der Waals surface area contributed by atoms with E-state index in [4.69, 9.17) is 16.3 Å². The van der Waals surface area contributed by atoms with Crippen LogP contribution in [-0.4, -0.2) is 22.1 Å². The molecule has 0 spiro atoms. The zero-order valence-corrected chi connectivity index (χ0v) is 14.8. The molecule has 2 aromatic rings. The number of esters is 1. The minimum absolute atomic E-state index is 0.00813. The summed E-state index contributed by atoms with van der Waals surface area (Å²) in [5, 5.41) is -0.0352. The summed E-state index contributed by atoms with van der Waals surface area (Å²) in [6.07, 6.45) is 2.81. The number of hydrogen-bond donors (Lipinski definition) is 0. The number of carbonyl (C=O) groups is 1. The fraction of sp³-hybridized carbons (Fsp3) is 0.167. The van der Waals surface area contributed by atoms with Gasteiger partial charge in [0.15, 0.2) is 0 Å². The molecule has 2 rings (SSSR count). The molecule has 2 aromatic heterocycles. The van der Waals surface area contributed by atoms with Gasteiger partial charge < -0.3 is 4.74 Å². The minimum atomic E-state index is -1.01. The first kappa shape index (κ1) is 19.5. The summed E-state index contributed by atoms with van der Waals surface area (Å²) >= 11 is 5.87. The lowest BCUT2D eigenvalue weighted by atomic mass is 10.1. The summed E-state index contributed by atoms with van der Waals surface area (Å²) in [5.74, 6) is -2.87. The van der Waals surface area contributed by atoms with Gasteiger partial charge in [-0.1, -0.05) is 18.2 Å². The molecule has 2 heterocycles. The first-order valence-electron chi connectivity index (χ1n) is 7.59. The van der Waals surface area contributed by atoms with Gasteiger partial charge in [-0.15, -0.1) is 0 Å². The van der Waals surface area contributed by atoms with Crippen molar-refractivity contribution in [2.45, 2.75) is 13.8 Å². The first-order chi connectivity index (χ1) is 12.3. The van der Waals surface area contributed by atoms with Crippen LogP contribution in [0.3, 0.4) is 0 Å². The molecular formula is C18H15ClF2N2O3. The van der Waals surface area contributed by atoms with Crippen molar-refractivity contribution in [2.24, 2.45) is 0 Å². The zero-order valence-electron chi connectivity index (χ0n) is 14.1. The number of aromatic nitrogens is 2. The lowest BCUT2D eigenvalue weighted by molar-refractivity contribution is 0.0524. The van der Waals surface area contributed by atoms with Crippen molar-refractivity contribution in [3.8, 4) is 0 Å². The predicted molar refractivity (Wildman–Crippen MR) is 96.4 cm³/mol. The predicted octanol–water partition coefficient (Wildman–Crippen LogP) is 4.42. The van der Waals surface area contributed by atoms with Crippen LogP contribution in [-0.2, 0) is 4.74 Å². The van der Waals surface area contributed by atoms with Crippen LogP contribution in [0.1, 0.15) is 24.2 Å². The molecule has 0 unspecified atom stereocenters. The Hall–Kier alpha value is -2.80. The molecule has 26 heavy (non-hydrogen) atoms. The van der Waals surface area contributed by atoms with Gasteiger partial charge in [-0.2, -0.15) is 0 Å². The van der Waals surface area contributed by atoms with Crippen molar-refractivity contribution in [3.05, 3.63) is 69.7 Å². The largest absolute Gasteiger partial charge is 0.462 e. The van der Waals surface area contributed by atoms with Gasteiger partial charge in [-0.05, 0) is 38.1 Å². The molecule has 0 N–H and O–H groups in total. The molecule has 0 aliphatic heterocycles. The number of halogens is 3. The second-order valence-corrected chi connectivity index (χ2v) is 5.39. The van der Waals surface area contributed by atoms with E-state index in [0.717, 1.165) is 22.9 Å². The molecule has 0 amide bonds. The molecule has 0 saturated heterocycles. The van der Waals surface area contributed by atoms with Gasteiger partial charge in [0, 0.05) is 6.20 Å². The van der Waals surface area contributed by atoms with Gasteiger partial charge >= 0.3 is 5.97 Å². The van der Waals surface area contributed by atoms with Crippen LogP contribution in [0.25, 0.3) is 16.7 Å². The van der Waals surface area contributed by atoms with Gasteiger partial charge in [0.1, 0.15) is 33.7 Å². The minimum Gasteiger partial charge on any atom is -0.462 e. The fourth-order valence-corrected chi connectivity index (χ4v) is 2.43. The van der Waals surface area contributed by atoms with Crippen molar-refractivity contribution in [1.82, 2.24) is 9.55 Å². The van der Waals surface area contributed by atoms with E-state index in [2.05, 4.69) is 11.6 Å². The van der Waals surface area contributed by atoms with Crippen molar-refractivity contribution >= 4 is 34.3 Å². The molecule has 0 aromatic carbocycles. The Morgan fingerprint density at radius 1 is 1.42 bits per heavy atom. The van der Waals surface area contributed by atoms with Crippen molar-refractivity contribution < 1.29 is 18.3 Å². The van der Waals surface area contributed by atoms with E-state index in [0.29, 0.717) is 0 Å². The lowest BCUT2D eigenvalue weighted by Crippen LogP contribution is -2.21.